The first kappa shape index (κ1) is 14.7. The fraction of sp³-hybridized carbons (Fsp3) is 0.562. The van der Waals surface area contributed by atoms with Crippen LogP contribution in [-0.2, 0) is 4.79 Å². The molecule has 3 unspecified atom stereocenters. The van der Waals surface area contributed by atoms with E-state index in [1.54, 1.807) is 7.11 Å². The minimum atomic E-state index is -0.107. The lowest BCUT2D eigenvalue weighted by molar-refractivity contribution is -0.131. The van der Waals surface area contributed by atoms with Crippen molar-refractivity contribution in [2.75, 3.05) is 18.6 Å². The number of amides is 1. The van der Waals surface area contributed by atoms with E-state index < -0.39 is 0 Å². The number of benzene rings is 1. The van der Waals surface area contributed by atoms with Gasteiger partial charge in [0.2, 0.25) is 5.91 Å². The second-order valence-corrected chi connectivity index (χ2v) is 6.83. The molecular formula is C16H22N2O2S. The molecule has 2 saturated heterocycles. The molecule has 2 heterocycles. The number of hydrogen-bond acceptors (Lipinski definition) is 4. The standard InChI is InChI=1S/C16H22N2O2S/c1-11-16(19)18(13-4-3-9-21-10-13)15(17-11)12-5-7-14(20-2)8-6-12/h5-8,11,13,15,17H,3-4,9-10H2,1-2H3. The van der Waals surface area contributed by atoms with E-state index >= 15 is 0 Å². The number of methoxy groups -OCH3 is 1. The van der Waals surface area contributed by atoms with Gasteiger partial charge in [-0.1, -0.05) is 12.1 Å². The highest BCUT2D eigenvalue weighted by molar-refractivity contribution is 7.99. The summed E-state index contributed by atoms with van der Waals surface area (Å²) in [6.07, 6.45) is 2.30. The van der Waals surface area contributed by atoms with Gasteiger partial charge in [0.05, 0.1) is 13.2 Å². The summed E-state index contributed by atoms with van der Waals surface area (Å²) in [5.74, 6) is 3.33. The van der Waals surface area contributed by atoms with Crippen LogP contribution in [0.4, 0.5) is 0 Å². The Bertz CT molecular complexity index is 500. The van der Waals surface area contributed by atoms with Gasteiger partial charge in [0.1, 0.15) is 11.9 Å². The van der Waals surface area contributed by atoms with Crippen LogP contribution in [0.5, 0.6) is 5.75 Å². The molecule has 1 N–H and O–H groups in total. The number of carbonyl (C=O) groups is 1. The number of nitrogens with one attached hydrogen (secondary N) is 1. The third-order valence-electron chi connectivity index (χ3n) is 4.27. The summed E-state index contributed by atoms with van der Waals surface area (Å²) in [5, 5.41) is 3.43. The summed E-state index contributed by atoms with van der Waals surface area (Å²) in [6, 6.07) is 8.25. The van der Waals surface area contributed by atoms with Gasteiger partial charge in [-0.25, -0.2) is 0 Å². The largest absolute Gasteiger partial charge is 0.497 e. The summed E-state index contributed by atoms with van der Waals surface area (Å²) >= 11 is 1.95. The summed E-state index contributed by atoms with van der Waals surface area (Å²) in [6.45, 7) is 1.95. The van der Waals surface area contributed by atoms with Gasteiger partial charge < -0.3 is 9.64 Å². The van der Waals surface area contributed by atoms with E-state index in [4.69, 9.17) is 4.74 Å². The van der Waals surface area contributed by atoms with Crippen LogP contribution in [0.2, 0.25) is 0 Å². The zero-order valence-electron chi connectivity index (χ0n) is 12.5. The third-order valence-corrected chi connectivity index (χ3v) is 5.47. The minimum absolute atomic E-state index is 0.0119. The fourth-order valence-corrected chi connectivity index (χ4v) is 4.25. The average Bonchev–Trinajstić information content (AvgIpc) is 2.84. The molecule has 0 saturated carbocycles. The van der Waals surface area contributed by atoms with Crippen LogP contribution in [0.25, 0.3) is 0 Å². The van der Waals surface area contributed by atoms with Crippen molar-refractivity contribution in [3.05, 3.63) is 29.8 Å². The van der Waals surface area contributed by atoms with Crippen molar-refractivity contribution in [3.8, 4) is 5.75 Å². The van der Waals surface area contributed by atoms with Gasteiger partial charge in [0.25, 0.3) is 0 Å². The summed E-state index contributed by atoms with van der Waals surface area (Å²) in [5.41, 5.74) is 1.13. The molecule has 0 bridgehead atoms. The van der Waals surface area contributed by atoms with Crippen LogP contribution >= 0.6 is 11.8 Å². The summed E-state index contributed by atoms with van der Waals surface area (Å²) < 4.78 is 5.21. The quantitative estimate of drug-likeness (QED) is 0.931. The number of nitrogens with zero attached hydrogens (tertiary/aromatic N) is 1. The molecule has 3 rings (SSSR count). The fourth-order valence-electron chi connectivity index (χ4n) is 3.12. The first-order valence-corrected chi connectivity index (χ1v) is 8.66. The predicted octanol–water partition coefficient (Wildman–Crippen LogP) is 2.41. The maximum atomic E-state index is 12.5. The Morgan fingerprint density at radius 2 is 2.10 bits per heavy atom. The Kier molecular flexibility index (Phi) is 4.40. The molecule has 0 aromatic heterocycles. The molecule has 2 aliphatic heterocycles. The highest BCUT2D eigenvalue weighted by Gasteiger charge is 2.41. The predicted molar refractivity (Wildman–Crippen MR) is 85.5 cm³/mol. The molecule has 114 valence electrons. The molecule has 2 fully saturated rings. The second-order valence-electron chi connectivity index (χ2n) is 5.68. The smallest absolute Gasteiger partial charge is 0.241 e. The van der Waals surface area contributed by atoms with Gasteiger partial charge in [-0.3, -0.25) is 10.1 Å². The van der Waals surface area contributed by atoms with Crippen LogP contribution in [0.1, 0.15) is 31.5 Å². The topological polar surface area (TPSA) is 41.6 Å². The van der Waals surface area contributed by atoms with Crippen molar-refractivity contribution in [1.82, 2.24) is 10.2 Å². The molecule has 0 spiro atoms. The molecular weight excluding hydrogens is 284 g/mol. The van der Waals surface area contributed by atoms with Gasteiger partial charge in [-0.2, -0.15) is 11.8 Å². The lowest BCUT2D eigenvalue weighted by atomic mass is 10.1. The highest BCUT2D eigenvalue weighted by atomic mass is 32.2. The molecule has 5 heteroatoms. The third kappa shape index (κ3) is 2.90. The number of hydrogen-bond donors (Lipinski definition) is 1. The van der Waals surface area contributed by atoms with Gasteiger partial charge in [0.15, 0.2) is 0 Å². The van der Waals surface area contributed by atoms with Crippen LogP contribution in [0, 0.1) is 0 Å². The van der Waals surface area contributed by atoms with Crippen molar-refractivity contribution in [1.29, 1.82) is 0 Å². The van der Waals surface area contributed by atoms with E-state index in [-0.39, 0.29) is 18.1 Å². The molecule has 1 aromatic rings. The Balaban J connectivity index is 1.85. The van der Waals surface area contributed by atoms with E-state index in [0.29, 0.717) is 6.04 Å². The molecule has 1 aromatic carbocycles. The lowest BCUT2D eigenvalue weighted by Gasteiger charge is -2.35. The van der Waals surface area contributed by atoms with E-state index in [1.807, 2.05) is 43.0 Å². The van der Waals surface area contributed by atoms with Crippen molar-refractivity contribution >= 4 is 17.7 Å². The van der Waals surface area contributed by atoms with Crippen LogP contribution in [0.15, 0.2) is 24.3 Å². The highest BCUT2D eigenvalue weighted by Crippen LogP contribution is 2.33. The van der Waals surface area contributed by atoms with E-state index in [0.717, 1.165) is 23.5 Å². The van der Waals surface area contributed by atoms with Crippen molar-refractivity contribution in [2.24, 2.45) is 0 Å². The van der Waals surface area contributed by atoms with Crippen LogP contribution in [-0.4, -0.2) is 41.5 Å². The number of ether oxygens (including phenoxy) is 1. The van der Waals surface area contributed by atoms with E-state index in [1.165, 1.54) is 12.2 Å². The normalized spacial score (nSPS) is 29.7. The summed E-state index contributed by atoms with van der Waals surface area (Å²) in [4.78, 5) is 14.6. The first-order chi connectivity index (χ1) is 10.2. The first-order valence-electron chi connectivity index (χ1n) is 7.50. The SMILES string of the molecule is COc1ccc(C2NC(C)C(=O)N2C2CCCSC2)cc1. The second kappa shape index (κ2) is 6.28. The van der Waals surface area contributed by atoms with Crippen molar-refractivity contribution < 1.29 is 9.53 Å². The van der Waals surface area contributed by atoms with Gasteiger partial charge >= 0.3 is 0 Å². The maximum absolute atomic E-state index is 12.5. The number of rotatable bonds is 3. The van der Waals surface area contributed by atoms with Gasteiger partial charge in [-0.15, -0.1) is 0 Å². The molecule has 4 nitrogen and oxygen atoms in total. The lowest BCUT2D eigenvalue weighted by Crippen LogP contribution is -2.42. The zero-order chi connectivity index (χ0) is 14.8. The molecule has 3 atom stereocenters. The van der Waals surface area contributed by atoms with Crippen LogP contribution < -0.4 is 10.1 Å². The minimum Gasteiger partial charge on any atom is -0.497 e. The van der Waals surface area contributed by atoms with Crippen molar-refractivity contribution in [2.45, 2.75) is 38.0 Å². The average molecular weight is 306 g/mol. The number of thioether (sulfide) groups is 1. The van der Waals surface area contributed by atoms with Crippen LogP contribution in [0.3, 0.4) is 0 Å². The molecule has 1 amide bonds. The summed E-state index contributed by atoms with van der Waals surface area (Å²) in [7, 11) is 1.67. The van der Waals surface area contributed by atoms with Gasteiger partial charge in [0, 0.05) is 11.8 Å². The monoisotopic (exact) mass is 306 g/mol. The zero-order valence-corrected chi connectivity index (χ0v) is 13.4. The van der Waals surface area contributed by atoms with Crippen molar-refractivity contribution in [3.63, 3.8) is 0 Å². The molecule has 2 aliphatic rings. The Labute approximate surface area is 130 Å². The Hall–Kier alpha value is -1.20. The Morgan fingerprint density at radius 3 is 2.71 bits per heavy atom. The molecule has 0 aliphatic carbocycles. The molecule has 0 radical (unpaired) electrons. The van der Waals surface area contributed by atoms with E-state index in [9.17, 15) is 4.79 Å². The van der Waals surface area contributed by atoms with Gasteiger partial charge in [-0.05, 0) is 43.2 Å². The molecule has 21 heavy (non-hydrogen) atoms. The number of carbonyl (C=O) groups excluding carboxylic acids is 1. The Morgan fingerprint density at radius 1 is 1.33 bits per heavy atom. The maximum Gasteiger partial charge on any atom is 0.241 e. The van der Waals surface area contributed by atoms with E-state index in [2.05, 4.69) is 10.2 Å².